The van der Waals surface area contributed by atoms with Gasteiger partial charge in [-0.1, -0.05) is 218 Å². The fourth-order valence-corrected chi connectivity index (χ4v) is 12.5. The molecule has 0 saturated carbocycles. The van der Waals surface area contributed by atoms with Gasteiger partial charge in [-0.05, 0) is 134 Å². The molecule has 0 fully saturated rings. The lowest BCUT2D eigenvalue weighted by Crippen LogP contribution is -2.28. The van der Waals surface area contributed by atoms with Gasteiger partial charge in [-0.15, -0.1) is 0 Å². The summed E-state index contributed by atoms with van der Waals surface area (Å²) in [6.45, 7) is 0. The maximum atomic E-state index is 6.58. The minimum atomic E-state index is -0.539. The molecule has 15 rings (SSSR count). The highest BCUT2D eigenvalue weighted by Crippen LogP contribution is 2.57. The van der Waals surface area contributed by atoms with Crippen molar-refractivity contribution in [1.82, 2.24) is 4.57 Å². The van der Waals surface area contributed by atoms with E-state index >= 15 is 0 Å². The molecule has 3 heteroatoms. The molecule has 0 spiro atoms. The highest BCUT2D eigenvalue weighted by Gasteiger charge is 2.46. The van der Waals surface area contributed by atoms with Crippen molar-refractivity contribution in [3.05, 3.63) is 313 Å². The van der Waals surface area contributed by atoms with Crippen LogP contribution in [-0.2, 0) is 5.41 Å². The number of hydrogen-bond donors (Lipinski definition) is 0. The van der Waals surface area contributed by atoms with Gasteiger partial charge in [-0.2, -0.15) is 0 Å². The topological polar surface area (TPSA) is 21.3 Å². The predicted octanol–water partition coefficient (Wildman–Crippen LogP) is 19.5. The number of para-hydroxylation sites is 3. The fourth-order valence-electron chi connectivity index (χ4n) is 12.5. The van der Waals surface area contributed by atoms with Gasteiger partial charge in [0.2, 0.25) is 0 Å². The van der Waals surface area contributed by atoms with E-state index in [9.17, 15) is 0 Å². The zero-order valence-corrected chi connectivity index (χ0v) is 41.5. The van der Waals surface area contributed by atoms with Crippen LogP contribution in [0.15, 0.2) is 296 Å². The Morgan fingerprint density at radius 3 is 1.47 bits per heavy atom. The van der Waals surface area contributed by atoms with Crippen molar-refractivity contribution < 1.29 is 4.42 Å². The van der Waals surface area contributed by atoms with Gasteiger partial charge in [0.15, 0.2) is 0 Å². The maximum Gasteiger partial charge on any atom is 0.143 e. The van der Waals surface area contributed by atoms with Crippen molar-refractivity contribution in [2.45, 2.75) is 5.41 Å². The number of benzene rings is 12. The minimum absolute atomic E-state index is 0.539. The van der Waals surface area contributed by atoms with Gasteiger partial charge in [0, 0.05) is 49.9 Å². The van der Waals surface area contributed by atoms with Crippen LogP contribution in [0.5, 0.6) is 0 Å². The normalized spacial score (nSPS) is 12.6. The molecular weight excluding hydrogens is 921 g/mol. The van der Waals surface area contributed by atoms with Crippen molar-refractivity contribution >= 4 is 60.8 Å². The van der Waals surface area contributed by atoms with Crippen LogP contribution < -0.4 is 4.90 Å². The predicted molar refractivity (Wildman–Crippen MR) is 316 cm³/mol. The van der Waals surface area contributed by atoms with Crippen LogP contribution in [0.25, 0.3) is 93.9 Å². The van der Waals surface area contributed by atoms with Crippen LogP contribution in [0.1, 0.15) is 22.3 Å². The van der Waals surface area contributed by atoms with Crippen LogP contribution in [0.3, 0.4) is 0 Å². The van der Waals surface area contributed by atoms with Crippen molar-refractivity contribution in [2.75, 3.05) is 4.90 Å². The molecule has 2 heterocycles. The highest BCUT2D eigenvalue weighted by atomic mass is 16.3. The van der Waals surface area contributed by atoms with Gasteiger partial charge in [-0.25, -0.2) is 0 Å². The molecule has 76 heavy (non-hydrogen) atoms. The molecule has 0 amide bonds. The number of anilines is 3. The van der Waals surface area contributed by atoms with Crippen molar-refractivity contribution in [1.29, 1.82) is 0 Å². The van der Waals surface area contributed by atoms with Gasteiger partial charge in [0.05, 0.1) is 16.4 Å². The van der Waals surface area contributed by atoms with E-state index in [4.69, 9.17) is 4.42 Å². The van der Waals surface area contributed by atoms with Gasteiger partial charge < -0.3 is 13.9 Å². The van der Waals surface area contributed by atoms with E-state index in [0.717, 1.165) is 78.1 Å². The first-order chi connectivity index (χ1) is 37.7. The zero-order valence-electron chi connectivity index (χ0n) is 41.5. The Labute approximate surface area is 441 Å². The number of fused-ring (bicyclic) bond motifs is 9. The first-order valence-corrected chi connectivity index (χ1v) is 26.1. The smallest absolute Gasteiger partial charge is 0.143 e. The summed E-state index contributed by atoms with van der Waals surface area (Å²) in [4.78, 5) is 2.42. The third-order valence-electron chi connectivity index (χ3n) is 15.9. The monoisotopic (exact) mass is 968 g/mol. The van der Waals surface area contributed by atoms with Crippen LogP contribution in [0.2, 0.25) is 0 Å². The molecule has 0 N–H and O–H groups in total. The van der Waals surface area contributed by atoms with E-state index in [1.165, 1.54) is 55.2 Å². The number of aromatic nitrogens is 1. The summed E-state index contributed by atoms with van der Waals surface area (Å²) in [5.41, 5.74) is 22.4. The van der Waals surface area contributed by atoms with E-state index in [0.29, 0.717) is 0 Å². The molecule has 0 radical (unpaired) electrons. The SMILES string of the molecule is c1ccc(-c2cccc3c2oc2ccc(-c4ccc(N(c5ccc(-c6cccc(-n7c8ccccc8c8ccccc87)c6)cc5)c5ccc6c(c5)C(c5ccccc5)(c5ccccc5)c5ccccc5-6)cc4)cc23)cc1. The Morgan fingerprint density at radius 1 is 0.303 bits per heavy atom. The summed E-state index contributed by atoms with van der Waals surface area (Å²) < 4.78 is 8.97. The summed E-state index contributed by atoms with van der Waals surface area (Å²) in [5.74, 6) is 0. The van der Waals surface area contributed by atoms with Crippen molar-refractivity contribution in [3.63, 3.8) is 0 Å². The van der Waals surface area contributed by atoms with Gasteiger partial charge in [-0.3, -0.25) is 0 Å². The van der Waals surface area contributed by atoms with Crippen LogP contribution >= 0.6 is 0 Å². The molecule has 0 bridgehead atoms. The van der Waals surface area contributed by atoms with Gasteiger partial charge >= 0.3 is 0 Å². The Bertz CT molecular complexity index is 4400. The van der Waals surface area contributed by atoms with E-state index < -0.39 is 5.41 Å². The molecule has 0 saturated heterocycles. The second-order valence-corrected chi connectivity index (χ2v) is 20.0. The molecule has 0 aliphatic heterocycles. The lowest BCUT2D eigenvalue weighted by Gasteiger charge is -2.35. The number of nitrogens with zero attached hydrogens (tertiary/aromatic N) is 2. The number of rotatable bonds is 9. The summed E-state index contributed by atoms with van der Waals surface area (Å²) in [6.07, 6.45) is 0. The van der Waals surface area contributed by atoms with E-state index in [1.54, 1.807) is 0 Å². The average Bonchev–Trinajstić information content (AvgIpc) is 4.33. The van der Waals surface area contributed by atoms with Crippen LogP contribution in [-0.4, -0.2) is 4.57 Å². The molecule has 0 atom stereocenters. The standard InChI is InChI=1S/C73H48N2O/c1-4-18-51(19-5-1)60-29-17-30-65-66-47-53(38-45-71(66)76-72(60)65)50-36-41-57(42-37-50)74(56-39-34-49(35-40-56)52-20-16-25-58(46-52)75-69-32-14-11-27-63(69)64-28-12-15-33-70(64)75)59-43-44-62-61-26-10-13-31-67(61)73(68(62)48-59,54-21-6-2-7-22-54)55-23-8-3-9-24-55/h1-48H. The molecule has 356 valence electrons. The van der Waals surface area contributed by atoms with E-state index in [1.807, 2.05) is 0 Å². The maximum absolute atomic E-state index is 6.58. The Morgan fingerprint density at radius 2 is 0.803 bits per heavy atom. The fraction of sp³-hybridized carbons (Fsp3) is 0.0137. The summed E-state index contributed by atoms with van der Waals surface area (Å²) in [5, 5.41) is 4.73. The first-order valence-electron chi connectivity index (χ1n) is 26.1. The van der Waals surface area contributed by atoms with Crippen LogP contribution in [0, 0.1) is 0 Å². The van der Waals surface area contributed by atoms with E-state index in [2.05, 4.69) is 301 Å². The van der Waals surface area contributed by atoms with Crippen LogP contribution in [0.4, 0.5) is 17.1 Å². The number of hydrogen-bond acceptors (Lipinski definition) is 2. The molecular formula is C73H48N2O. The second kappa shape index (κ2) is 17.6. The van der Waals surface area contributed by atoms with E-state index in [-0.39, 0.29) is 0 Å². The molecule has 0 unspecified atom stereocenters. The van der Waals surface area contributed by atoms with Crippen molar-refractivity contribution in [3.8, 4) is 50.2 Å². The molecule has 14 aromatic rings. The molecule has 3 nitrogen and oxygen atoms in total. The van der Waals surface area contributed by atoms with Crippen molar-refractivity contribution in [2.24, 2.45) is 0 Å². The summed E-state index contributed by atoms with van der Waals surface area (Å²) in [6, 6.07) is 106. The molecule has 12 aromatic carbocycles. The second-order valence-electron chi connectivity index (χ2n) is 20.0. The molecule has 2 aromatic heterocycles. The Kier molecular flexibility index (Phi) is 10.1. The zero-order chi connectivity index (χ0) is 50.2. The number of furan rings is 1. The average molecular weight is 969 g/mol. The minimum Gasteiger partial charge on any atom is -0.455 e. The largest absolute Gasteiger partial charge is 0.455 e. The lowest BCUT2D eigenvalue weighted by atomic mass is 9.67. The third kappa shape index (κ3) is 6.83. The third-order valence-corrected chi connectivity index (χ3v) is 15.9. The van der Waals surface area contributed by atoms with Gasteiger partial charge in [0.25, 0.3) is 0 Å². The molecule has 1 aliphatic carbocycles. The summed E-state index contributed by atoms with van der Waals surface area (Å²) >= 11 is 0. The quantitative estimate of drug-likeness (QED) is 0.144. The molecule has 1 aliphatic rings. The Balaban J connectivity index is 0.865. The lowest BCUT2D eigenvalue weighted by molar-refractivity contribution is 0.670. The highest BCUT2D eigenvalue weighted by molar-refractivity contribution is 6.11. The Hall–Kier alpha value is -9.96. The van der Waals surface area contributed by atoms with Gasteiger partial charge in [0.1, 0.15) is 11.2 Å². The summed E-state index contributed by atoms with van der Waals surface area (Å²) in [7, 11) is 0. The first kappa shape index (κ1) is 43.6.